The number of halogens is 1. The first-order valence-electron chi connectivity index (χ1n) is 8.05. The molecule has 0 heterocycles. The molecule has 0 aliphatic rings. The predicted octanol–water partition coefficient (Wildman–Crippen LogP) is 3.69. The lowest BCUT2D eigenvalue weighted by Gasteiger charge is -2.16. The first-order valence-corrected chi connectivity index (χ1v) is 8.43. The number of nitrogens with one attached hydrogen (secondary N) is 1. The summed E-state index contributed by atoms with van der Waals surface area (Å²) < 4.78 is 15.8. The van der Waals surface area contributed by atoms with E-state index in [-0.39, 0.29) is 0 Å². The van der Waals surface area contributed by atoms with Crippen molar-refractivity contribution in [1.29, 1.82) is 0 Å². The van der Waals surface area contributed by atoms with Gasteiger partial charge in [-0.05, 0) is 36.8 Å². The van der Waals surface area contributed by atoms with Crippen LogP contribution in [-0.2, 0) is 14.3 Å². The van der Waals surface area contributed by atoms with Crippen LogP contribution in [-0.4, -0.2) is 31.7 Å². The number of ether oxygens (including phenoxy) is 3. The van der Waals surface area contributed by atoms with E-state index in [1.54, 1.807) is 49.4 Å². The van der Waals surface area contributed by atoms with Gasteiger partial charge in [-0.15, -0.1) is 0 Å². The minimum Gasteiger partial charge on any atom is -0.495 e. The number of esters is 1. The average Bonchev–Trinajstić information content (AvgIpc) is 2.65. The minimum atomic E-state index is -0.786. The number of amides is 1. The minimum absolute atomic E-state index is 0.397. The van der Waals surface area contributed by atoms with Crippen molar-refractivity contribution < 1.29 is 23.8 Å². The number of para-hydroxylation sites is 1. The molecule has 2 aromatic rings. The van der Waals surface area contributed by atoms with Gasteiger partial charge >= 0.3 is 5.97 Å². The number of carbonyl (C=O) groups is 2. The quantitative estimate of drug-likeness (QED) is 0.710. The van der Waals surface area contributed by atoms with Crippen molar-refractivity contribution in [3.05, 3.63) is 53.6 Å². The Morgan fingerprint density at radius 2 is 1.88 bits per heavy atom. The molecule has 0 unspecified atom stereocenters. The number of carbonyl (C=O) groups excluding carboxylic acids is 2. The molecule has 0 bridgehead atoms. The number of anilines is 1. The highest BCUT2D eigenvalue weighted by atomic mass is 35.5. The summed E-state index contributed by atoms with van der Waals surface area (Å²) in [5.74, 6) is -0.101. The summed E-state index contributed by atoms with van der Waals surface area (Å²) >= 11 is 5.91. The number of rotatable bonds is 8. The van der Waals surface area contributed by atoms with Crippen LogP contribution in [0.4, 0.5) is 5.69 Å². The van der Waals surface area contributed by atoms with E-state index < -0.39 is 24.6 Å². The largest absolute Gasteiger partial charge is 0.495 e. The Morgan fingerprint density at radius 1 is 1.15 bits per heavy atom. The van der Waals surface area contributed by atoms with Gasteiger partial charge in [-0.25, -0.2) is 4.79 Å². The van der Waals surface area contributed by atoms with Crippen molar-refractivity contribution in [3.8, 4) is 11.5 Å². The number of hydrogen-bond acceptors (Lipinski definition) is 5. The van der Waals surface area contributed by atoms with Gasteiger partial charge < -0.3 is 19.5 Å². The van der Waals surface area contributed by atoms with Crippen molar-refractivity contribution in [1.82, 2.24) is 0 Å². The van der Waals surface area contributed by atoms with Crippen LogP contribution in [0.2, 0.25) is 5.02 Å². The van der Waals surface area contributed by atoms with E-state index in [4.69, 9.17) is 25.8 Å². The summed E-state index contributed by atoms with van der Waals surface area (Å²) in [6, 6.07) is 13.8. The Hall–Kier alpha value is -2.73. The molecule has 0 aliphatic carbocycles. The van der Waals surface area contributed by atoms with Crippen molar-refractivity contribution in [3.63, 3.8) is 0 Å². The van der Waals surface area contributed by atoms with E-state index in [1.807, 2.05) is 6.07 Å². The maximum absolute atomic E-state index is 12.1. The third kappa shape index (κ3) is 5.67. The molecule has 1 N–H and O–H groups in total. The molecule has 7 heteroatoms. The monoisotopic (exact) mass is 377 g/mol. The fourth-order valence-electron chi connectivity index (χ4n) is 2.16. The number of benzene rings is 2. The molecule has 0 aliphatic heterocycles. The molecule has 0 saturated carbocycles. The van der Waals surface area contributed by atoms with Crippen LogP contribution in [0.5, 0.6) is 11.5 Å². The molecular weight excluding hydrogens is 358 g/mol. The zero-order valence-corrected chi connectivity index (χ0v) is 15.3. The van der Waals surface area contributed by atoms with E-state index in [2.05, 4.69) is 5.32 Å². The zero-order chi connectivity index (χ0) is 18.9. The fourth-order valence-corrected chi connectivity index (χ4v) is 2.33. The Labute approximate surface area is 157 Å². The summed E-state index contributed by atoms with van der Waals surface area (Å²) in [7, 11) is 1.48. The Balaban J connectivity index is 1.89. The molecule has 2 aromatic carbocycles. The van der Waals surface area contributed by atoms with Crippen molar-refractivity contribution in [2.75, 3.05) is 19.0 Å². The van der Waals surface area contributed by atoms with Gasteiger partial charge in [0.1, 0.15) is 11.5 Å². The number of methoxy groups -OCH3 is 1. The summed E-state index contributed by atoms with van der Waals surface area (Å²) in [5, 5.41) is 3.04. The van der Waals surface area contributed by atoms with Gasteiger partial charge in [0.25, 0.3) is 5.91 Å². The van der Waals surface area contributed by atoms with Gasteiger partial charge in [0.2, 0.25) is 0 Å². The standard InChI is InChI=1S/C19H20ClNO5/c1-3-16(26-14-7-5-4-6-8-14)19(23)25-12-18(22)21-15-11-13(20)9-10-17(15)24-2/h4-11,16H,3,12H2,1-2H3,(H,21,22)/t16-/m0/s1. The van der Waals surface area contributed by atoms with Crippen molar-refractivity contribution in [2.45, 2.75) is 19.4 Å². The van der Waals surface area contributed by atoms with Gasteiger partial charge in [-0.2, -0.15) is 0 Å². The molecule has 6 nitrogen and oxygen atoms in total. The molecule has 0 aromatic heterocycles. The van der Waals surface area contributed by atoms with Gasteiger partial charge in [0.05, 0.1) is 12.8 Å². The van der Waals surface area contributed by atoms with Gasteiger partial charge in [0, 0.05) is 5.02 Å². The van der Waals surface area contributed by atoms with Crippen LogP contribution in [0.1, 0.15) is 13.3 Å². The maximum Gasteiger partial charge on any atom is 0.347 e. The van der Waals surface area contributed by atoms with Gasteiger partial charge in [-0.3, -0.25) is 4.79 Å². The molecule has 0 spiro atoms. The Bertz CT molecular complexity index is 751. The summed E-state index contributed by atoms with van der Waals surface area (Å²) in [6.07, 6.45) is -0.372. The third-order valence-corrected chi connectivity index (χ3v) is 3.67. The average molecular weight is 378 g/mol. The SMILES string of the molecule is CC[C@H](Oc1ccccc1)C(=O)OCC(=O)Nc1cc(Cl)ccc1OC. The van der Waals surface area contributed by atoms with Crippen LogP contribution < -0.4 is 14.8 Å². The number of hydrogen-bond donors (Lipinski definition) is 1. The van der Waals surface area contributed by atoms with E-state index in [1.165, 1.54) is 7.11 Å². The second-order valence-corrected chi connectivity index (χ2v) is 5.76. The van der Waals surface area contributed by atoms with E-state index in [9.17, 15) is 9.59 Å². The lowest BCUT2D eigenvalue weighted by Crippen LogP contribution is -2.31. The molecule has 2 rings (SSSR count). The van der Waals surface area contributed by atoms with Crippen molar-refractivity contribution >= 4 is 29.2 Å². The Kier molecular flexibility index (Phi) is 7.29. The highest BCUT2D eigenvalue weighted by Gasteiger charge is 2.21. The lowest BCUT2D eigenvalue weighted by atomic mass is 10.2. The second kappa shape index (κ2) is 9.68. The predicted molar refractivity (Wildman–Crippen MR) is 98.7 cm³/mol. The van der Waals surface area contributed by atoms with Crippen LogP contribution in [0.3, 0.4) is 0 Å². The first-order chi connectivity index (χ1) is 12.5. The molecule has 1 amide bonds. The van der Waals surface area contributed by atoms with Crippen LogP contribution in [0.15, 0.2) is 48.5 Å². The molecular formula is C19H20ClNO5. The van der Waals surface area contributed by atoms with Crippen LogP contribution in [0, 0.1) is 0 Å². The molecule has 0 fully saturated rings. The van der Waals surface area contributed by atoms with E-state index >= 15 is 0 Å². The van der Waals surface area contributed by atoms with Crippen LogP contribution in [0.25, 0.3) is 0 Å². The van der Waals surface area contributed by atoms with Crippen LogP contribution >= 0.6 is 11.6 Å². The van der Waals surface area contributed by atoms with Gasteiger partial charge in [0.15, 0.2) is 12.7 Å². The summed E-state index contributed by atoms with van der Waals surface area (Å²) in [5.41, 5.74) is 0.397. The summed E-state index contributed by atoms with van der Waals surface area (Å²) in [4.78, 5) is 24.2. The zero-order valence-electron chi connectivity index (χ0n) is 14.5. The first kappa shape index (κ1) is 19.6. The molecule has 138 valence electrons. The van der Waals surface area contributed by atoms with E-state index in [0.29, 0.717) is 28.6 Å². The maximum atomic E-state index is 12.1. The fraction of sp³-hybridized carbons (Fsp3) is 0.263. The third-order valence-electron chi connectivity index (χ3n) is 3.44. The van der Waals surface area contributed by atoms with Crippen molar-refractivity contribution in [2.24, 2.45) is 0 Å². The van der Waals surface area contributed by atoms with Gasteiger partial charge in [-0.1, -0.05) is 36.7 Å². The highest BCUT2D eigenvalue weighted by molar-refractivity contribution is 6.31. The highest BCUT2D eigenvalue weighted by Crippen LogP contribution is 2.27. The topological polar surface area (TPSA) is 73.9 Å². The molecule has 0 saturated heterocycles. The van der Waals surface area contributed by atoms with E-state index in [0.717, 1.165) is 0 Å². The molecule has 26 heavy (non-hydrogen) atoms. The molecule has 1 atom stereocenters. The Morgan fingerprint density at radius 3 is 2.54 bits per heavy atom. The smallest absolute Gasteiger partial charge is 0.347 e. The molecule has 0 radical (unpaired) electrons. The lowest BCUT2D eigenvalue weighted by molar-refractivity contribution is -0.154. The second-order valence-electron chi connectivity index (χ2n) is 5.33. The normalized spacial score (nSPS) is 11.3. The summed E-state index contributed by atoms with van der Waals surface area (Å²) in [6.45, 7) is 1.36.